The molecule has 0 bridgehead atoms. The van der Waals surface area contributed by atoms with Crippen LogP contribution in [0, 0.1) is 6.92 Å². The summed E-state index contributed by atoms with van der Waals surface area (Å²) < 4.78 is 28.0. The molecule has 3 aromatic rings. The van der Waals surface area contributed by atoms with Crippen molar-refractivity contribution in [2.75, 3.05) is 34.2 Å². The molecule has 0 aromatic heterocycles. The van der Waals surface area contributed by atoms with Gasteiger partial charge in [-0.25, -0.2) is 8.42 Å². The Morgan fingerprint density at radius 2 is 1.52 bits per heavy atom. The lowest BCUT2D eigenvalue weighted by atomic mass is 10.1. The molecular formula is C26H29N3O3S. The Morgan fingerprint density at radius 3 is 2.18 bits per heavy atom. The van der Waals surface area contributed by atoms with Crippen molar-refractivity contribution >= 4 is 33.0 Å². The van der Waals surface area contributed by atoms with Gasteiger partial charge < -0.3 is 10.2 Å². The summed E-state index contributed by atoms with van der Waals surface area (Å²) in [5.41, 5.74) is 3.04. The summed E-state index contributed by atoms with van der Waals surface area (Å²) in [5, 5.41) is 2.85. The average molecular weight is 464 g/mol. The molecule has 0 spiro atoms. The molecule has 1 fully saturated rings. The van der Waals surface area contributed by atoms with E-state index in [0.717, 1.165) is 24.3 Å². The Hall–Kier alpha value is -3.32. The van der Waals surface area contributed by atoms with Crippen LogP contribution in [0.1, 0.15) is 24.8 Å². The van der Waals surface area contributed by atoms with E-state index >= 15 is 0 Å². The third-order valence-electron chi connectivity index (χ3n) is 5.87. The SMILES string of the molecule is Cc1ccccc1N(CC(=O)Nc1ccc(N2CCCCC2)cc1)S(=O)(=O)c1ccccc1. The molecule has 3 aromatic carbocycles. The fraction of sp³-hybridized carbons (Fsp3) is 0.269. The number of sulfonamides is 1. The molecule has 7 heteroatoms. The number of para-hydroxylation sites is 1. The highest BCUT2D eigenvalue weighted by Crippen LogP contribution is 2.27. The number of benzene rings is 3. The fourth-order valence-corrected chi connectivity index (χ4v) is 5.61. The maximum Gasteiger partial charge on any atom is 0.264 e. The van der Waals surface area contributed by atoms with Gasteiger partial charge in [-0.3, -0.25) is 9.10 Å². The molecule has 1 heterocycles. The number of piperidine rings is 1. The van der Waals surface area contributed by atoms with E-state index in [1.165, 1.54) is 35.7 Å². The van der Waals surface area contributed by atoms with Crippen LogP contribution in [0.15, 0.2) is 83.8 Å². The lowest BCUT2D eigenvalue weighted by Crippen LogP contribution is -2.38. The molecule has 1 saturated heterocycles. The topological polar surface area (TPSA) is 69.7 Å². The second kappa shape index (κ2) is 10.1. The molecule has 0 aliphatic carbocycles. The van der Waals surface area contributed by atoms with Crippen LogP contribution in [0.25, 0.3) is 0 Å². The van der Waals surface area contributed by atoms with E-state index in [0.29, 0.717) is 11.4 Å². The number of carbonyl (C=O) groups is 1. The fourth-order valence-electron chi connectivity index (χ4n) is 4.10. The van der Waals surface area contributed by atoms with Crippen LogP contribution >= 0.6 is 0 Å². The van der Waals surface area contributed by atoms with Crippen molar-refractivity contribution in [1.29, 1.82) is 0 Å². The Labute approximate surface area is 195 Å². The molecule has 0 saturated carbocycles. The molecule has 1 aliphatic rings. The van der Waals surface area contributed by atoms with E-state index < -0.39 is 15.9 Å². The lowest BCUT2D eigenvalue weighted by molar-refractivity contribution is -0.114. The number of carbonyl (C=O) groups excluding carboxylic acids is 1. The van der Waals surface area contributed by atoms with Gasteiger partial charge in [0.25, 0.3) is 10.0 Å². The zero-order chi connectivity index (χ0) is 23.3. The van der Waals surface area contributed by atoms with Crippen LogP contribution in [-0.4, -0.2) is 34.0 Å². The van der Waals surface area contributed by atoms with Gasteiger partial charge in [0.05, 0.1) is 10.6 Å². The van der Waals surface area contributed by atoms with Crippen LogP contribution in [0.5, 0.6) is 0 Å². The number of anilines is 3. The minimum atomic E-state index is -3.92. The van der Waals surface area contributed by atoms with Gasteiger partial charge in [0.1, 0.15) is 6.54 Å². The van der Waals surface area contributed by atoms with Crippen molar-refractivity contribution in [1.82, 2.24) is 0 Å². The van der Waals surface area contributed by atoms with Gasteiger partial charge in [-0.1, -0.05) is 36.4 Å². The zero-order valence-electron chi connectivity index (χ0n) is 18.8. The minimum Gasteiger partial charge on any atom is -0.372 e. The molecule has 6 nitrogen and oxygen atoms in total. The van der Waals surface area contributed by atoms with E-state index in [1.807, 2.05) is 43.3 Å². The monoisotopic (exact) mass is 463 g/mol. The Balaban J connectivity index is 1.54. The molecule has 33 heavy (non-hydrogen) atoms. The van der Waals surface area contributed by atoms with E-state index in [1.54, 1.807) is 30.3 Å². The molecule has 0 atom stereocenters. The average Bonchev–Trinajstić information content (AvgIpc) is 2.84. The van der Waals surface area contributed by atoms with E-state index in [4.69, 9.17) is 0 Å². The number of amides is 1. The first kappa shape index (κ1) is 22.9. The predicted octanol–water partition coefficient (Wildman–Crippen LogP) is 4.82. The van der Waals surface area contributed by atoms with E-state index in [-0.39, 0.29) is 11.4 Å². The van der Waals surface area contributed by atoms with Crippen molar-refractivity contribution < 1.29 is 13.2 Å². The second-order valence-corrected chi connectivity index (χ2v) is 10.1. The van der Waals surface area contributed by atoms with Gasteiger partial charge in [-0.15, -0.1) is 0 Å². The van der Waals surface area contributed by atoms with Crippen LogP contribution in [0.2, 0.25) is 0 Å². The Bertz CT molecular complexity index is 1190. The summed E-state index contributed by atoms with van der Waals surface area (Å²) in [6.45, 7) is 3.61. The highest BCUT2D eigenvalue weighted by atomic mass is 32.2. The molecular weight excluding hydrogens is 434 g/mol. The Kier molecular flexibility index (Phi) is 6.99. The van der Waals surface area contributed by atoms with Gasteiger partial charge in [-0.05, 0) is 74.2 Å². The maximum atomic E-state index is 13.4. The largest absolute Gasteiger partial charge is 0.372 e. The smallest absolute Gasteiger partial charge is 0.264 e. The van der Waals surface area contributed by atoms with Crippen LogP contribution < -0.4 is 14.5 Å². The second-order valence-electron chi connectivity index (χ2n) is 8.25. The zero-order valence-corrected chi connectivity index (χ0v) is 19.6. The molecule has 172 valence electrons. The van der Waals surface area contributed by atoms with Crippen molar-refractivity contribution in [3.63, 3.8) is 0 Å². The normalized spacial score (nSPS) is 14.0. The quantitative estimate of drug-likeness (QED) is 0.545. The summed E-state index contributed by atoms with van der Waals surface area (Å²) in [5.74, 6) is -0.400. The number of rotatable bonds is 7. The first-order valence-corrected chi connectivity index (χ1v) is 12.7. The number of nitrogens with one attached hydrogen (secondary N) is 1. The maximum absolute atomic E-state index is 13.4. The third kappa shape index (κ3) is 5.37. The van der Waals surface area contributed by atoms with Crippen LogP contribution in [-0.2, 0) is 14.8 Å². The first-order valence-electron chi connectivity index (χ1n) is 11.2. The molecule has 0 unspecified atom stereocenters. The van der Waals surface area contributed by atoms with Crippen molar-refractivity contribution in [2.24, 2.45) is 0 Å². The molecule has 4 rings (SSSR count). The molecule has 1 aliphatic heterocycles. The molecule has 1 N–H and O–H groups in total. The van der Waals surface area contributed by atoms with Gasteiger partial charge in [0.2, 0.25) is 5.91 Å². The summed E-state index contributed by atoms with van der Waals surface area (Å²) in [7, 11) is -3.92. The summed E-state index contributed by atoms with van der Waals surface area (Å²) >= 11 is 0. The number of hydrogen-bond donors (Lipinski definition) is 1. The van der Waals surface area contributed by atoms with Gasteiger partial charge in [0, 0.05) is 24.5 Å². The summed E-state index contributed by atoms with van der Waals surface area (Å²) in [4.78, 5) is 15.4. The molecule has 0 radical (unpaired) electrons. The van der Waals surface area contributed by atoms with Crippen molar-refractivity contribution in [3.8, 4) is 0 Å². The highest BCUT2D eigenvalue weighted by Gasteiger charge is 2.28. The Morgan fingerprint density at radius 1 is 0.879 bits per heavy atom. The van der Waals surface area contributed by atoms with Gasteiger partial charge >= 0.3 is 0 Å². The lowest BCUT2D eigenvalue weighted by Gasteiger charge is -2.29. The number of nitrogens with zero attached hydrogens (tertiary/aromatic N) is 2. The molecule has 1 amide bonds. The standard InChI is InChI=1S/C26H29N3O3S/c1-21-10-6-7-13-25(21)29(33(31,32)24-11-4-2-5-12-24)20-26(30)27-22-14-16-23(17-15-22)28-18-8-3-9-19-28/h2,4-7,10-17H,3,8-9,18-20H2,1H3,(H,27,30). The van der Waals surface area contributed by atoms with Crippen molar-refractivity contribution in [3.05, 3.63) is 84.4 Å². The minimum absolute atomic E-state index is 0.145. The van der Waals surface area contributed by atoms with Crippen LogP contribution in [0.4, 0.5) is 17.1 Å². The van der Waals surface area contributed by atoms with Crippen molar-refractivity contribution in [2.45, 2.75) is 31.1 Å². The summed E-state index contributed by atoms with van der Waals surface area (Å²) in [6, 6.07) is 23.1. The van der Waals surface area contributed by atoms with Crippen LogP contribution in [0.3, 0.4) is 0 Å². The predicted molar refractivity (Wildman–Crippen MR) is 133 cm³/mol. The van der Waals surface area contributed by atoms with Gasteiger partial charge in [0.15, 0.2) is 0 Å². The number of hydrogen-bond acceptors (Lipinski definition) is 4. The highest BCUT2D eigenvalue weighted by molar-refractivity contribution is 7.92. The van der Waals surface area contributed by atoms with E-state index in [2.05, 4.69) is 10.2 Å². The number of aryl methyl sites for hydroxylation is 1. The third-order valence-corrected chi connectivity index (χ3v) is 7.65. The first-order chi connectivity index (χ1) is 15.9. The summed E-state index contributed by atoms with van der Waals surface area (Å²) in [6.07, 6.45) is 3.67. The van der Waals surface area contributed by atoms with Gasteiger partial charge in [-0.2, -0.15) is 0 Å². The van der Waals surface area contributed by atoms with E-state index in [9.17, 15) is 13.2 Å².